The van der Waals surface area contributed by atoms with E-state index in [1.807, 2.05) is 54.6 Å². The summed E-state index contributed by atoms with van der Waals surface area (Å²) in [5, 5.41) is 24.5. The van der Waals surface area contributed by atoms with Crippen LogP contribution in [0.4, 0.5) is 0 Å². The van der Waals surface area contributed by atoms with Gasteiger partial charge in [-0.3, -0.25) is 4.98 Å². The molecule has 0 aliphatic rings. The summed E-state index contributed by atoms with van der Waals surface area (Å²) < 4.78 is 6.20. The van der Waals surface area contributed by atoms with E-state index in [4.69, 9.17) is 4.74 Å². The molecule has 34 heavy (non-hydrogen) atoms. The third kappa shape index (κ3) is 4.45. The Balaban J connectivity index is 0.00000274. The number of pyridine rings is 1. The third-order valence-corrected chi connectivity index (χ3v) is 5.52. The van der Waals surface area contributed by atoms with Gasteiger partial charge in [0.05, 0.1) is 22.5 Å². The van der Waals surface area contributed by atoms with Crippen LogP contribution in [-0.2, 0) is 13.0 Å². The van der Waals surface area contributed by atoms with Crippen LogP contribution in [0.1, 0.15) is 23.7 Å². The topological polar surface area (TPSA) is 100 Å². The molecular formula is C26H21ClN6O. The van der Waals surface area contributed by atoms with E-state index in [1.54, 1.807) is 6.07 Å². The summed E-state index contributed by atoms with van der Waals surface area (Å²) in [6, 6.07) is 25.9. The van der Waals surface area contributed by atoms with Crippen LogP contribution in [0.15, 0.2) is 72.8 Å². The van der Waals surface area contributed by atoms with Gasteiger partial charge < -0.3 is 4.74 Å². The molecule has 0 saturated heterocycles. The standard InChI is InChI=1S/C26H20N6O.ClH/c1-2-20-14-24(25-19(15-27)6-5-9-23(25)28-20)33-16-17-10-12-18(13-11-17)21-7-3-4-8-22(21)26-29-31-32-30-26;/h3-14H,2,16H2,1H3,(H,29,30,31,32);1H. The number of aryl methyl sites for hydroxylation is 1. The Hall–Kier alpha value is -4.28. The molecule has 2 aromatic heterocycles. The summed E-state index contributed by atoms with van der Waals surface area (Å²) in [6.45, 7) is 2.44. The molecule has 1 N–H and O–H groups in total. The van der Waals surface area contributed by atoms with Gasteiger partial charge in [0.1, 0.15) is 12.4 Å². The molecule has 2 heterocycles. The number of nitrogens with one attached hydrogen (secondary N) is 1. The number of hydrogen-bond donors (Lipinski definition) is 1. The van der Waals surface area contributed by atoms with Crippen molar-refractivity contribution >= 4 is 23.3 Å². The zero-order chi connectivity index (χ0) is 22.6. The molecule has 168 valence electrons. The van der Waals surface area contributed by atoms with E-state index in [-0.39, 0.29) is 12.4 Å². The van der Waals surface area contributed by atoms with Crippen LogP contribution in [0.2, 0.25) is 0 Å². The zero-order valence-corrected chi connectivity index (χ0v) is 19.2. The highest BCUT2D eigenvalue weighted by Gasteiger charge is 2.12. The number of rotatable bonds is 6. The van der Waals surface area contributed by atoms with Crippen LogP contribution in [0.25, 0.3) is 33.4 Å². The molecular weight excluding hydrogens is 448 g/mol. The molecule has 0 spiro atoms. The van der Waals surface area contributed by atoms with E-state index in [0.717, 1.165) is 45.3 Å². The van der Waals surface area contributed by atoms with E-state index < -0.39 is 0 Å². The van der Waals surface area contributed by atoms with Crippen molar-refractivity contribution in [3.05, 3.63) is 89.6 Å². The van der Waals surface area contributed by atoms with Gasteiger partial charge in [-0.25, -0.2) is 5.10 Å². The van der Waals surface area contributed by atoms with Crippen molar-refractivity contribution in [1.82, 2.24) is 25.6 Å². The first-order valence-electron chi connectivity index (χ1n) is 10.6. The second kappa shape index (κ2) is 10.1. The Morgan fingerprint density at radius 3 is 2.47 bits per heavy atom. The maximum Gasteiger partial charge on any atom is 0.180 e. The average Bonchev–Trinajstić information content (AvgIpc) is 3.42. The van der Waals surface area contributed by atoms with E-state index in [0.29, 0.717) is 23.7 Å². The van der Waals surface area contributed by atoms with Gasteiger partial charge in [-0.2, -0.15) is 5.26 Å². The molecule has 0 bridgehead atoms. The second-order valence-electron chi connectivity index (χ2n) is 7.56. The summed E-state index contributed by atoms with van der Waals surface area (Å²) in [7, 11) is 0. The molecule has 5 rings (SSSR count). The van der Waals surface area contributed by atoms with Crippen LogP contribution in [0.3, 0.4) is 0 Å². The fourth-order valence-electron chi connectivity index (χ4n) is 3.85. The largest absolute Gasteiger partial charge is 0.488 e. The number of ether oxygens (including phenoxy) is 1. The number of benzene rings is 3. The predicted octanol–water partition coefficient (Wildman–Crippen LogP) is 5.52. The van der Waals surface area contributed by atoms with Crippen molar-refractivity contribution in [1.29, 1.82) is 5.26 Å². The Morgan fingerprint density at radius 1 is 0.971 bits per heavy atom. The molecule has 0 atom stereocenters. The van der Waals surface area contributed by atoms with Crippen molar-refractivity contribution < 1.29 is 4.74 Å². The quantitative estimate of drug-likeness (QED) is 0.352. The maximum atomic E-state index is 9.55. The summed E-state index contributed by atoms with van der Waals surface area (Å²) >= 11 is 0. The molecule has 0 aliphatic heterocycles. The minimum atomic E-state index is 0. The highest BCUT2D eigenvalue weighted by Crippen LogP contribution is 2.31. The number of aromatic amines is 1. The average molecular weight is 469 g/mol. The van der Waals surface area contributed by atoms with Crippen molar-refractivity contribution in [3.8, 4) is 34.3 Å². The van der Waals surface area contributed by atoms with E-state index in [2.05, 4.69) is 50.7 Å². The molecule has 0 unspecified atom stereocenters. The Bertz CT molecular complexity index is 1460. The first-order chi connectivity index (χ1) is 16.3. The molecule has 0 amide bonds. The SMILES string of the molecule is CCc1cc(OCc2ccc(-c3ccccc3-c3nnn[nH]3)cc2)c2c(C#N)cccc2n1.Cl. The fraction of sp³-hybridized carbons (Fsp3) is 0.115. The van der Waals surface area contributed by atoms with Crippen molar-refractivity contribution in [2.45, 2.75) is 20.0 Å². The number of H-pyrrole nitrogens is 1. The van der Waals surface area contributed by atoms with Gasteiger partial charge in [0.15, 0.2) is 5.82 Å². The maximum absolute atomic E-state index is 9.55. The molecule has 3 aromatic carbocycles. The fourth-order valence-corrected chi connectivity index (χ4v) is 3.85. The lowest BCUT2D eigenvalue weighted by atomic mass is 9.98. The van der Waals surface area contributed by atoms with Crippen LogP contribution < -0.4 is 4.74 Å². The predicted molar refractivity (Wildman–Crippen MR) is 132 cm³/mol. The van der Waals surface area contributed by atoms with Gasteiger partial charge >= 0.3 is 0 Å². The lowest BCUT2D eigenvalue weighted by Crippen LogP contribution is -2.00. The molecule has 7 nitrogen and oxygen atoms in total. The zero-order valence-electron chi connectivity index (χ0n) is 18.4. The number of aromatic nitrogens is 5. The lowest BCUT2D eigenvalue weighted by molar-refractivity contribution is 0.309. The lowest BCUT2D eigenvalue weighted by Gasteiger charge is -2.13. The summed E-state index contributed by atoms with van der Waals surface area (Å²) in [5.74, 6) is 1.31. The summed E-state index contributed by atoms with van der Waals surface area (Å²) in [6.07, 6.45) is 0.790. The number of fused-ring (bicyclic) bond motifs is 1. The van der Waals surface area contributed by atoms with E-state index in [1.165, 1.54) is 0 Å². The minimum absolute atomic E-state index is 0. The smallest absolute Gasteiger partial charge is 0.180 e. The van der Waals surface area contributed by atoms with E-state index in [9.17, 15) is 5.26 Å². The first kappa shape index (κ1) is 22.9. The number of tetrazole rings is 1. The first-order valence-corrected chi connectivity index (χ1v) is 10.6. The molecule has 0 saturated carbocycles. The summed E-state index contributed by atoms with van der Waals surface area (Å²) in [4.78, 5) is 4.64. The van der Waals surface area contributed by atoms with Gasteiger partial charge in [0.25, 0.3) is 0 Å². The van der Waals surface area contributed by atoms with Crippen LogP contribution in [-0.4, -0.2) is 25.6 Å². The second-order valence-corrected chi connectivity index (χ2v) is 7.56. The van der Waals surface area contributed by atoms with Crippen molar-refractivity contribution in [2.24, 2.45) is 0 Å². The monoisotopic (exact) mass is 468 g/mol. The highest BCUT2D eigenvalue weighted by atomic mass is 35.5. The van der Waals surface area contributed by atoms with E-state index >= 15 is 0 Å². The van der Waals surface area contributed by atoms with Crippen molar-refractivity contribution in [3.63, 3.8) is 0 Å². The Kier molecular flexibility index (Phi) is 6.81. The third-order valence-electron chi connectivity index (χ3n) is 5.52. The Labute approximate surface area is 202 Å². The Morgan fingerprint density at radius 2 is 1.76 bits per heavy atom. The van der Waals surface area contributed by atoms with Gasteiger partial charge in [-0.05, 0) is 45.7 Å². The number of hydrogen-bond acceptors (Lipinski definition) is 6. The van der Waals surface area contributed by atoms with Crippen molar-refractivity contribution in [2.75, 3.05) is 0 Å². The van der Waals surface area contributed by atoms with Gasteiger partial charge in [-0.1, -0.05) is 61.5 Å². The highest BCUT2D eigenvalue weighted by molar-refractivity contribution is 5.90. The van der Waals surface area contributed by atoms with Gasteiger partial charge in [0.2, 0.25) is 0 Å². The molecule has 5 aromatic rings. The normalized spacial score (nSPS) is 10.5. The molecule has 0 fully saturated rings. The molecule has 0 aliphatic carbocycles. The molecule has 0 radical (unpaired) electrons. The minimum Gasteiger partial charge on any atom is -0.488 e. The number of nitriles is 1. The number of nitrogens with zero attached hydrogens (tertiary/aromatic N) is 5. The van der Waals surface area contributed by atoms with Crippen LogP contribution in [0, 0.1) is 11.3 Å². The van der Waals surface area contributed by atoms with Gasteiger partial charge in [0, 0.05) is 17.3 Å². The molecule has 8 heteroatoms. The summed E-state index contributed by atoms with van der Waals surface area (Å²) in [5.41, 5.74) is 6.32. The number of halogens is 1. The van der Waals surface area contributed by atoms with Crippen LogP contribution in [0.5, 0.6) is 5.75 Å². The van der Waals surface area contributed by atoms with Gasteiger partial charge in [-0.15, -0.1) is 17.5 Å². The van der Waals surface area contributed by atoms with Crippen LogP contribution >= 0.6 is 12.4 Å².